The average molecular weight is 252 g/mol. The molecule has 17 heavy (non-hydrogen) atoms. The summed E-state index contributed by atoms with van der Waals surface area (Å²) in [6.45, 7) is 4.29. The van der Waals surface area contributed by atoms with Crippen LogP contribution in [0.5, 0.6) is 0 Å². The van der Waals surface area contributed by atoms with E-state index in [-0.39, 0.29) is 11.9 Å². The topological polar surface area (TPSA) is 26.3 Å². The molecule has 1 aliphatic carbocycles. The Bertz CT molecular complexity index is 408. The average Bonchev–Trinajstić information content (AvgIpc) is 2.76. The third kappa shape index (κ3) is 2.45. The molecule has 1 aromatic heterocycles. The molecule has 3 heteroatoms. The van der Waals surface area contributed by atoms with E-state index in [0.717, 1.165) is 24.1 Å². The summed E-state index contributed by atoms with van der Waals surface area (Å²) in [7, 11) is 1.76. The van der Waals surface area contributed by atoms with Crippen LogP contribution < -0.4 is 0 Å². The van der Waals surface area contributed by atoms with E-state index in [2.05, 4.69) is 13.0 Å². The van der Waals surface area contributed by atoms with Crippen molar-refractivity contribution in [1.29, 1.82) is 0 Å². The Labute approximate surface area is 107 Å². The molecule has 0 radical (unpaired) electrons. The van der Waals surface area contributed by atoms with E-state index in [1.165, 1.54) is 10.4 Å². The highest BCUT2D eigenvalue weighted by atomic mass is 32.1. The number of carbonyl (C=O) groups excluding carboxylic acids is 1. The van der Waals surface area contributed by atoms with Crippen molar-refractivity contribution in [1.82, 2.24) is 0 Å². The lowest BCUT2D eigenvalue weighted by molar-refractivity contribution is 0.0858. The van der Waals surface area contributed by atoms with Gasteiger partial charge in [0, 0.05) is 18.4 Å². The molecule has 0 bridgehead atoms. The summed E-state index contributed by atoms with van der Waals surface area (Å²) in [5, 5.41) is 0. The molecule has 1 heterocycles. The molecule has 0 aromatic carbocycles. The molecular formula is C14H20O2S. The van der Waals surface area contributed by atoms with Crippen molar-refractivity contribution in [2.45, 2.75) is 51.6 Å². The molecule has 0 N–H and O–H groups in total. The second-order valence-electron chi connectivity index (χ2n) is 4.81. The van der Waals surface area contributed by atoms with E-state index >= 15 is 0 Å². The normalized spacial score (nSPS) is 23.5. The summed E-state index contributed by atoms with van der Waals surface area (Å²) >= 11 is 1.68. The first-order valence-electron chi connectivity index (χ1n) is 6.37. The number of thiophene rings is 1. The largest absolute Gasteiger partial charge is 0.377 e. The van der Waals surface area contributed by atoms with Gasteiger partial charge in [-0.15, -0.1) is 11.3 Å². The van der Waals surface area contributed by atoms with Gasteiger partial charge in [0.15, 0.2) is 5.78 Å². The smallest absolute Gasteiger partial charge is 0.172 e. The quantitative estimate of drug-likeness (QED) is 0.746. The molecule has 0 amide bonds. The third-order valence-electron chi connectivity index (χ3n) is 3.48. The zero-order valence-corrected chi connectivity index (χ0v) is 11.6. The van der Waals surface area contributed by atoms with Gasteiger partial charge in [-0.3, -0.25) is 4.79 Å². The lowest BCUT2D eigenvalue weighted by atomic mass is 9.88. The summed E-state index contributed by atoms with van der Waals surface area (Å²) in [5.41, 5.74) is 1.26. The van der Waals surface area contributed by atoms with E-state index < -0.39 is 0 Å². The number of ether oxygens (including phenoxy) is 1. The maximum absolute atomic E-state index is 11.9. The van der Waals surface area contributed by atoms with Crippen molar-refractivity contribution in [3.63, 3.8) is 0 Å². The lowest BCUT2D eigenvalue weighted by Gasteiger charge is -2.25. The number of ketones is 1. The van der Waals surface area contributed by atoms with Gasteiger partial charge in [0.1, 0.15) is 0 Å². The maximum atomic E-state index is 11.9. The number of hydrogen-bond acceptors (Lipinski definition) is 3. The molecule has 0 aliphatic heterocycles. The molecule has 2 rings (SSSR count). The Morgan fingerprint density at radius 2 is 2.29 bits per heavy atom. The van der Waals surface area contributed by atoms with Gasteiger partial charge in [-0.05, 0) is 36.8 Å². The van der Waals surface area contributed by atoms with Crippen molar-refractivity contribution >= 4 is 17.1 Å². The summed E-state index contributed by atoms with van der Waals surface area (Å²) in [4.78, 5) is 14.2. The highest BCUT2D eigenvalue weighted by Crippen LogP contribution is 2.43. The number of carbonyl (C=O) groups is 1. The molecule has 1 aromatic rings. The first-order chi connectivity index (χ1) is 8.17. The molecule has 2 atom stereocenters. The van der Waals surface area contributed by atoms with Crippen molar-refractivity contribution in [2.75, 3.05) is 7.11 Å². The number of Topliss-reactive ketones (excluding diaryl/α,β-unsaturated/α-hetero) is 1. The van der Waals surface area contributed by atoms with E-state index in [1.54, 1.807) is 18.4 Å². The predicted molar refractivity (Wildman–Crippen MR) is 71.0 cm³/mol. The number of methoxy groups -OCH3 is 1. The van der Waals surface area contributed by atoms with Crippen LogP contribution in [0.1, 0.15) is 71.7 Å². The van der Waals surface area contributed by atoms with Crippen LogP contribution in [0.3, 0.4) is 0 Å². The van der Waals surface area contributed by atoms with Crippen molar-refractivity contribution in [2.24, 2.45) is 0 Å². The molecule has 1 aliphatic rings. The molecular weight excluding hydrogens is 232 g/mol. The minimum Gasteiger partial charge on any atom is -0.377 e. The van der Waals surface area contributed by atoms with Gasteiger partial charge in [-0.25, -0.2) is 0 Å². The first-order valence-corrected chi connectivity index (χ1v) is 7.18. The van der Waals surface area contributed by atoms with Crippen molar-refractivity contribution in [3.05, 3.63) is 21.4 Å². The predicted octanol–water partition coefficient (Wildman–Crippen LogP) is 4.32. The van der Waals surface area contributed by atoms with Crippen LogP contribution in [-0.4, -0.2) is 12.9 Å². The van der Waals surface area contributed by atoms with Crippen LogP contribution in [0, 0.1) is 0 Å². The SMILES string of the molecule is CCCC(=O)c1cc2c(s1)C(C)CCC2OC. The standard InChI is InChI=1S/C14H20O2S/c1-4-5-11(15)13-8-10-12(16-3)7-6-9(2)14(10)17-13/h8-9,12H,4-7H2,1-3H3. The zero-order valence-electron chi connectivity index (χ0n) is 10.8. The summed E-state index contributed by atoms with van der Waals surface area (Å²) in [5.74, 6) is 0.860. The molecule has 0 saturated carbocycles. The van der Waals surface area contributed by atoms with Gasteiger partial charge in [-0.1, -0.05) is 13.8 Å². The summed E-state index contributed by atoms with van der Waals surface area (Å²) in [6.07, 6.45) is 4.01. The molecule has 0 saturated heterocycles. The monoisotopic (exact) mass is 252 g/mol. The summed E-state index contributed by atoms with van der Waals surface area (Å²) < 4.78 is 5.51. The van der Waals surface area contributed by atoms with E-state index in [1.807, 2.05) is 6.92 Å². The van der Waals surface area contributed by atoms with Gasteiger partial charge in [0.05, 0.1) is 11.0 Å². The molecule has 2 nitrogen and oxygen atoms in total. The Morgan fingerprint density at radius 3 is 2.94 bits per heavy atom. The zero-order chi connectivity index (χ0) is 12.4. The summed E-state index contributed by atoms with van der Waals surface area (Å²) in [6, 6.07) is 2.07. The number of fused-ring (bicyclic) bond motifs is 1. The highest BCUT2D eigenvalue weighted by molar-refractivity contribution is 7.14. The highest BCUT2D eigenvalue weighted by Gasteiger charge is 2.28. The fourth-order valence-corrected chi connectivity index (χ4v) is 3.74. The van der Waals surface area contributed by atoms with Crippen LogP contribution in [0.25, 0.3) is 0 Å². The second-order valence-corrected chi connectivity index (χ2v) is 5.89. The fourth-order valence-electron chi connectivity index (χ4n) is 2.48. The Balaban J connectivity index is 2.31. The van der Waals surface area contributed by atoms with Gasteiger partial charge in [-0.2, -0.15) is 0 Å². The number of hydrogen-bond donors (Lipinski definition) is 0. The van der Waals surface area contributed by atoms with E-state index in [0.29, 0.717) is 12.3 Å². The van der Waals surface area contributed by atoms with Crippen molar-refractivity contribution < 1.29 is 9.53 Å². The van der Waals surface area contributed by atoms with Crippen LogP contribution in [-0.2, 0) is 4.74 Å². The minimum absolute atomic E-state index is 0.195. The van der Waals surface area contributed by atoms with Gasteiger partial charge >= 0.3 is 0 Å². The van der Waals surface area contributed by atoms with Gasteiger partial charge < -0.3 is 4.74 Å². The number of rotatable bonds is 4. The molecule has 94 valence electrons. The Kier molecular flexibility index (Phi) is 4.00. The molecule has 2 unspecified atom stereocenters. The maximum Gasteiger partial charge on any atom is 0.172 e. The van der Waals surface area contributed by atoms with E-state index in [9.17, 15) is 4.79 Å². The van der Waals surface area contributed by atoms with Crippen LogP contribution in [0.15, 0.2) is 6.07 Å². The van der Waals surface area contributed by atoms with Gasteiger partial charge in [0.2, 0.25) is 0 Å². The first kappa shape index (κ1) is 12.8. The van der Waals surface area contributed by atoms with E-state index in [4.69, 9.17) is 4.74 Å². The third-order valence-corrected chi connectivity index (χ3v) is 4.91. The Hall–Kier alpha value is -0.670. The Morgan fingerprint density at radius 1 is 1.53 bits per heavy atom. The lowest BCUT2D eigenvalue weighted by Crippen LogP contribution is -2.11. The van der Waals surface area contributed by atoms with Gasteiger partial charge in [0.25, 0.3) is 0 Å². The molecule has 0 fully saturated rings. The second kappa shape index (κ2) is 5.32. The van der Waals surface area contributed by atoms with Crippen LogP contribution in [0.4, 0.5) is 0 Å². The minimum atomic E-state index is 0.195. The van der Waals surface area contributed by atoms with Crippen LogP contribution in [0.2, 0.25) is 0 Å². The van der Waals surface area contributed by atoms with Crippen LogP contribution >= 0.6 is 11.3 Å². The van der Waals surface area contributed by atoms with Crippen molar-refractivity contribution in [3.8, 4) is 0 Å². The fraction of sp³-hybridized carbons (Fsp3) is 0.643. The molecule has 0 spiro atoms.